The summed E-state index contributed by atoms with van der Waals surface area (Å²) in [5.74, 6) is -1.70. The Bertz CT molecular complexity index is 956. The lowest BCUT2D eigenvalue weighted by Crippen LogP contribution is -2.51. The van der Waals surface area contributed by atoms with Crippen LogP contribution in [0.15, 0.2) is 24.3 Å². The smallest absolute Gasteiger partial charge is 0.385 e. The number of amides is 2. The highest BCUT2D eigenvalue weighted by Crippen LogP contribution is 2.33. The number of rotatable bonds is 8. The quantitative estimate of drug-likeness (QED) is 0.461. The Hall–Kier alpha value is -3.06. The van der Waals surface area contributed by atoms with Gasteiger partial charge in [0.05, 0.1) is 12.2 Å². The summed E-state index contributed by atoms with van der Waals surface area (Å²) in [4.78, 5) is 27.9. The molecule has 9 nitrogen and oxygen atoms in total. The summed E-state index contributed by atoms with van der Waals surface area (Å²) in [6.45, 7) is 2.06. The number of hydrogen-bond donors (Lipinski definition) is 1. The first kappa shape index (κ1) is 24.6. The molecule has 2 heterocycles. The molecule has 1 saturated heterocycles. The van der Waals surface area contributed by atoms with E-state index in [4.69, 9.17) is 4.74 Å². The van der Waals surface area contributed by atoms with Gasteiger partial charge in [-0.3, -0.25) is 14.5 Å². The number of benzene rings is 1. The topological polar surface area (TPSA) is 92.6 Å². The second kappa shape index (κ2) is 10.7. The van der Waals surface area contributed by atoms with Crippen molar-refractivity contribution in [1.82, 2.24) is 30.1 Å². The largest absolute Gasteiger partial charge is 0.435 e. The highest BCUT2D eigenvalue weighted by atomic mass is 19.4. The molecular weight excluding hydrogens is 448 g/mol. The molecule has 33 heavy (non-hydrogen) atoms. The zero-order valence-electron chi connectivity index (χ0n) is 17.9. The van der Waals surface area contributed by atoms with Crippen LogP contribution in [0.2, 0.25) is 0 Å². The summed E-state index contributed by atoms with van der Waals surface area (Å²) < 4.78 is 59.9. The van der Waals surface area contributed by atoms with Crippen molar-refractivity contribution >= 4 is 11.8 Å². The Balaban J connectivity index is 1.65. The molecule has 180 valence electrons. The lowest BCUT2D eigenvalue weighted by Gasteiger charge is -2.34. The average Bonchev–Trinajstić information content (AvgIpc) is 3.23. The second-order valence-corrected chi connectivity index (χ2v) is 7.44. The number of methoxy groups -OCH3 is 1. The van der Waals surface area contributed by atoms with Crippen molar-refractivity contribution in [3.8, 4) is 5.69 Å². The van der Waals surface area contributed by atoms with E-state index < -0.39 is 29.3 Å². The van der Waals surface area contributed by atoms with Crippen molar-refractivity contribution < 1.29 is 31.9 Å². The Morgan fingerprint density at radius 1 is 1.12 bits per heavy atom. The van der Waals surface area contributed by atoms with E-state index in [1.807, 2.05) is 4.90 Å². The summed E-state index contributed by atoms with van der Waals surface area (Å²) in [5.41, 5.74) is -2.22. The predicted octanol–water partition coefficient (Wildman–Crippen LogP) is 1.34. The molecule has 1 N–H and O–H groups in total. The maximum Gasteiger partial charge on any atom is 0.435 e. The highest BCUT2D eigenvalue weighted by molar-refractivity contribution is 5.93. The van der Waals surface area contributed by atoms with E-state index in [0.717, 1.165) is 24.3 Å². The van der Waals surface area contributed by atoms with Crippen LogP contribution >= 0.6 is 0 Å². The molecule has 0 bridgehead atoms. The number of ether oxygens (including phenoxy) is 1. The standard InChI is InChI=1S/C20H24F4N6O3/c1-33-12-2-7-25-16(31)13-28-8-10-29(11-9-28)19(32)17-18(20(22,23)24)30(27-26-17)15-5-3-14(21)4-6-15/h3-6H,2,7-13H2,1H3,(H,25,31). The van der Waals surface area contributed by atoms with Gasteiger partial charge in [-0.05, 0) is 30.7 Å². The molecule has 0 unspecified atom stereocenters. The number of nitrogens with zero attached hydrogens (tertiary/aromatic N) is 5. The van der Waals surface area contributed by atoms with Gasteiger partial charge in [0.15, 0.2) is 11.4 Å². The van der Waals surface area contributed by atoms with E-state index in [9.17, 15) is 27.2 Å². The van der Waals surface area contributed by atoms with Gasteiger partial charge >= 0.3 is 6.18 Å². The molecule has 13 heteroatoms. The van der Waals surface area contributed by atoms with Crippen molar-refractivity contribution in [2.75, 3.05) is 53.0 Å². The first-order valence-electron chi connectivity index (χ1n) is 10.3. The van der Waals surface area contributed by atoms with E-state index in [1.165, 1.54) is 4.90 Å². The van der Waals surface area contributed by atoms with Gasteiger partial charge in [0, 0.05) is 46.4 Å². The Morgan fingerprint density at radius 3 is 2.39 bits per heavy atom. The van der Waals surface area contributed by atoms with Crippen LogP contribution in [-0.4, -0.2) is 89.6 Å². The van der Waals surface area contributed by atoms with Crippen molar-refractivity contribution in [2.45, 2.75) is 12.6 Å². The number of carbonyl (C=O) groups is 2. The van der Waals surface area contributed by atoms with Crippen LogP contribution in [0.5, 0.6) is 0 Å². The van der Waals surface area contributed by atoms with E-state index >= 15 is 0 Å². The number of alkyl halides is 3. The van der Waals surface area contributed by atoms with E-state index in [1.54, 1.807) is 7.11 Å². The molecule has 2 aromatic rings. The molecule has 1 aromatic heterocycles. The van der Waals surface area contributed by atoms with Crippen LogP contribution in [0.4, 0.5) is 17.6 Å². The van der Waals surface area contributed by atoms with Crippen LogP contribution in [0.3, 0.4) is 0 Å². The highest BCUT2D eigenvalue weighted by Gasteiger charge is 2.43. The second-order valence-electron chi connectivity index (χ2n) is 7.44. The van der Waals surface area contributed by atoms with Gasteiger partial charge in [0.25, 0.3) is 5.91 Å². The number of hydrogen-bond acceptors (Lipinski definition) is 6. The number of carbonyl (C=O) groups excluding carboxylic acids is 2. The predicted molar refractivity (Wildman–Crippen MR) is 108 cm³/mol. The molecule has 0 radical (unpaired) electrons. The van der Waals surface area contributed by atoms with Gasteiger partial charge in [-0.25, -0.2) is 9.07 Å². The first-order valence-corrected chi connectivity index (χ1v) is 10.3. The molecule has 1 fully saturated rings. The Kier molecular flexibility index (Phi) is 7.97. The number of piperazine rings is 1. The summed E-state index contributed by atoms with van der Waals surface area (Å²) in [7, 11) is 1.57. The fourth-order valence-electron chi connectivity index (χ4n) is 3.41. The lowest BCUT2D eigenvalue weighted by atomic mass is 10.2. The molecule has 0 spiro atoms. The van der Waals surface area contributed by atoms with Crippen molar-refractivity contribution in [3.05, 3.63) is 41.5 Å². The number of nitrogens with one attached hydrogen (secondary N) is 1. The van der Waals surface area contributed by atoms with Gasteiger partial charge in [-0.1, -0.05) is 5.21 Å². The molecule has 0 atom stereocenters. The fraction of sp³-hybridized carbons (Fsp3) is 0.500. The average molecular weight is 472 g/mol. The van der Waals surface area contributed by atoms with Gasteiger partial charge < -0.3 is 15.0 Å². The zero-order valence-corrected chi connectivity index (χ0v) is 17.9. The van der Waals surface area contributed by atoms with Gasteiger partial charge in [-0.2, -0.15) is 13.2 Å². The maximum atomic E-state index is 13.8. The van der Waals surface area contributed by atoms with E-state index in [0.29, 0.717) is 37.3 Å². The first-order chi connectivity index (χ1) is 15.7. The number of aromatic nitrogens is 3. The van der Waals surface area contributed by atoms with Crippen molar-refractivity contribution in [1.29, 1.82) is 0 Å². The minimum atomic E-state index is -4.91. The normalized spacial score (nSPS) is 15.0. The Morgan fingerprint density at radius 2 is 1.79 bits per heavy atom. The fourth-order valence-corrected chi connectivity index (χ4v) is 3.41. The summed E-state index contributed by atoms with van der Waals surface area (Å²) in [6.07, 6.45) is -4.23. The van der Waals surface area contributed by atoms with Crippen LogP contribution < -0.4 is 5.32 Å². The summed E-state index contributed by atoms with van der Waals surface area (Å²) in [6, 6.07) is 4.22. The van der Waals surface area contributed by atoms with Gasteiger partial charge in [0.1, 0.15) is 5.82 Å². The third kappa shape index (κ3) is 6.26. The van der Waals surface area contributed by atoms with E-state index in [-0.39, 0.29) is 31.2 Å². The van der Waals surface area contributed by atoms with Crippen LogP contribution in [0.25, 0.3) is 5.69 Å². The minimum Gasteiger partial charge on any atom is -0.385 e. The van der Waals surface area contributed by atoms with Gasteiger partial charge in [-0.15, -0.1) is 5.10 Å². The van der Waals surface area contributed by atoms with Crippen molar-refractivity contribution in [3.63, 3.8) is 0 Å². The zero-order chi connectivity index (χ0) is 24.0. The monoisotopic (exact) mass is 472 g/mol. The van der Waals surface area contributed by atoms with Crippen molar-refractivity contribution in [2.24, 2.45) is 0 Å². The lowest BCUT2D eigenvalue weighted by molar-refractivity contribution is -0.143. The maximum absolute atomic E-state index is 13.8. The molecular formula is C20H24F4N6O3. The van der Waals surface area contributed by atoms with E-state index in [2.05, 4.69) is 15.6 Å². The Labute approximate surface area is 187 Å². The molecule has 1 aromatic carbocycles. The summed E-state index contributed by atoms with van der Waals surface area (Å²) in [5, 5.41) is 9.75. The van der Waals surface area contributed by atoms with Crippen LogP contribution in [-0.2, 0) is 15.7 Å². The summed E-state index contributed by atoms with van der Waals surface area (Å²) >= 11 is 0. The SMILES string of the molecule is COCCCNC(=O)CN1CCN(C(=O)c2nnn(-c3ccc(F)cc3)c2C(F)(F)F)CC1. The molecule has 1 aliphatic rings. The van der Waals surface area contributed by atoms with Crippen LogP contribution in [0.1, 0.15) is 22.6 Å². The minimum absolute atomic E-state index is 0.0726. The molecule has 3 rings (SSSR count). The number of halogens is 4. The molecule has 2 amide bonds. The molecule has 0 aliphatic carbocycles. The molecule has 1 aliphatic heterocycles. The third-order valence-corrected chi connectivity index (χ3v) is 5.09. The molecule has 0 saturated carbocycles. The third-order valence-electron chi connectivity index (χ3n) is 5.09. The van der Waals surface area contributed by atoms with Crippen LogP contribution in [0, 0.1) is 5.82 Å². The van der Waals surface area contributed by atoms with Gasteiger partial charge in [0.2, 0.25) is 5.91 Å².